The van der Waals surface area contributed by atoms with Gasteiger partial charge in [0.05, 0.1) is 10.7 Å². The molecular formula is C8H8N2O2. The van der Waals surface area contributed by atoms with E-state index in [0.717, 1.165) is 23.5 Å². The van der Waals surface area contributed by atoms with Gasteiger partial charge in [-0.15, -0.1) is 0 Å². The molecule has 1 aromatic rings. The number of fused-ring (bicyclic) bond motifs is 1. The maximum atomic E-state index is 10.5. The summed E-state index contributed by atoms with van der Waals surface area (Å²) in [6.07, 6.45) is 5.80. The van der Waals surface area contributed by atoms with Crippen LogP contribution >= 0.6 is 0 Å². The zero-order valence-corrected chi connectivity index (χ0v) is 6.37. The highest BCUT2D eigenvalue weighted by Gasteiger charge is 2.07. The van der Waals surface area contributed by atoms with E-state index in [9.17, 15) is 4.79 Å². The number of aromatic amines is 1. The highest BCUT2D eigenvalue weighted by molar-refractivity contribution is 5.83. The number of hydrogen-bond donors (Lipinski definition) is 2. The molecule has 1 aliphatic rings. The van der Waals surface area contributed by atoms with E-state index in [1.165, 1.54) is 0 Å². The molecule has 0 amide bonds. The first-order valence-electron chi connectivity index (χ1n) is 3.77. The highest BCUT2D eigenvalue weighted by atomic mass is 16.4. The topological polar surface area (TPSA) is 66.0 Å². The first-order chi connectivity index (χ1) is 5.77. The second-order valence-corrected chi connectivity index (χ2v) is 2.68. The van der Waals surface area contributed by atoms with Crippen molar-refractivity contribution in [3.05, 3.63) is 16.5 Å². The van der Waals surface area contributed by atoms with Gasteiger partial charge in [-0.2, -0.15) is 0 Å². The van der Waals surface area contributed by atoms with Crippen LogP contribution in [0.4, 0.5) is 0 Å². The van der Waals surface area contributed by atoms with E-state index >= 15 is 0 Å². The molecule has 0 spiro atoms. The molecule has 2 rings (SSSR count). The summed E-state index contributed by atoms with van der Waals surface area (Å²) in [5, 5.41) is 10.2. The van der Waals surface area contributed by atoms with Gasteiger partial charge in [-0.1, -0.05) is 12.2 Å². The Morgan fingerprint density at radius 1 is 1.50 bits per heavy atom. The monoisotopic (exact) mass is 164 g/mol. The number of H-pyrrole nitrogens is 1. The molecule has 0 fully saturated rings. The van der Waals surface area contributed by atoms with Crippen molar-refractivity contribution in [2.45, 2.75) is 12.8 Å². The maximum Gasteiger partial charge on any atom is 0.371 e. The van der Waals surface area contributed by atoms with E-state index in [1.807, 2.05) is 12.2 Å². The van der Waals surface area contributed by atoms with Gasteiger partial charge in [0.15, 0.2) is 0 Å². The van der Waals surface area contributed by atoms with E-state index in [2.05, 4.69) is 9.97 Å². The third kappa shape index (κ3) is 1.01. The van der Waals surface area contributed by atoms with Crippen molar-refractivity contribution in [1.29, 1.82) is 0 Å². The van der Waals surface area contributed by atoms with Crippen LogP contribution in [0.25, 0.3) is 12.2 Å². The smallest absolute Gasteiger partial charge is 0.371 e. The second kappa shape index (κ2) is 2.48. The van der Waals surface area contributed by atoms with Crippen LogP contribution in [0, 0.1) is 0 Å². The van der Waals surface area contributed by atoms with Crippen LogP contribution in [-0.4, -0.2) is 21.0 Å². The summed E-state index contributed by atoms with van der Waals surface area (Å²) in [6.45, 7) is 0. The summed E-state index contributed by atoms with van der Waals surface area (Å²) < 4.78 is 0. The van der Waals surface area contributed by atoms with E-state index in [-0.39, 0.29) is 5.82 Å². The molecule has 0 aromatic carbocycles. The minimum atomic E-state index is -1.01. The van der Waals surface area contributed by atoms with Gasteiger partial charge in [0.25, 0.3) is 0 Å². The van der Waals surface area contributed by atoms with Crippen LogP contribution in [0.2, 0.25) is 0 Å². The number of rotatable bonds is 1. The molecule has 0 atom stereocenters. The number of nitrogens with zero attached hydrogens (tertiary/aromatic N) is 1. The molecule has 0 saturated heterocycles. The van der Waals surface area contributed by atoms with Crippen molar-refractivity contribution >= 4 is 18.1 Å². The number of imidazole rings is 1. The molecule has 0 radical (unpaired) electrons. The normalized spacial score (nSPS) is 14.3. The summed E-state index contributed by atoms with van der Waals surface area (Å²) in [7, 11) is 0. The average Bonchev–Trinajstić information content (AvgIpc) is 2.46. The third-order valence-corrected chi connectivity index (χ3v) is 1.82. The van der Waals surface area contributed by atoms with Gasteiger partial charge in [0.1, 0.15) is 0 Å². The van der Waals surface area contributed by atoms with Crippen LogP contribution < -0.4 is 10.7 Å². The predicted octanol–water partition coefficient (Wildman–Crippen LogP) is -0.537. The first-order valence-corrected chi connectivity index (χ1v) is 3.77. The quantitative estimate of drug-likeness (QED) is 0.586. The van der Waals surface area contributed by atoms with Crippen LogP contribution in [0.15, 0.2) is 0 Å². The Morgan fingerprint density at radius 2 is 2.25 bits per heavy atom. The Balaban J connectivity index is 2.68. The van der Waals surface area contributed by atoms with Crippen LogP contribution in [0.1, 0.15) is 23.5 Å². The van der Waals surface area contributed by atoms with Crippen molar-refractivity contribution < 1.29 is 9.90 Å². The fourth-order valence-corrected chi connectivity index (χ4v) is 1.26. The fraction of sp³-hybridized carbons (Fsp3) is 0.250. The molecule has 0 bridgehead atoms. The molecule has 1 aliphatic carbocycles. The lowest BCUT2D eigenvalue weighted by atomic mass is 10.2. The first kappa shape index (κ1) is 7.09. The van der Waals surface area contributed by atoms with E-state index < -0.39 is 5.97 Å². The van der Waals surface area contributed by atoms with Crippen molar-refractivity contribution in [1.82, 2.24) is 9.97 Å². The molecule has 12 heavy (non-hydrogen) atoms. The van der Waals surface area contributed by atoms with E-state index in [4.69, 9.17) is 5.11 Å². The molecule has 1 aromatic heterocycles. The lowest BCUT2D eigenvalue weighted by Crippen LogP contribution is -2.26. The number of nitrogens with one attached hydrogen (secondary N) is 1. The predicted molar refractivity (Wildman–Crippen MR) is 43.0 cm³/mol. The molecule has 4 nitrogen and oxygen atoms in total. The van der Waals surface area contributed by atoms with Crippen LogP contribution in [0.3, 0.4) is 0 Å². The standard InChI is InChI=1S/C8H8N2O2/c11-8(12)7-9-5-3-1-2-4-6(5)10-7/h3-4H,1-2H2,(H,9,10)(H,11,12). The number of aromatic nitrogens is 2. The number of hydrogen-bond acceptors (Lipinski definition) is 2. The summed E-state index contributed by atoms with van der Waals surface area (Å²) in [6, 6.07) is 0. The van der Waals surface area contributed by atoms with E-state index in [1.54, 1.807) is 0 Å². The van der Waals surface area contributed by atoms with Gasteiger partial charge < -0.3 is 10.1 Å². The molecule has 1 heterocycles. The fourth-order valence-electron chi connectivity index (χ4n) is 1.26. The molecular weight excluding hydrogens is 156 g/mol. The number of aromatic carboxylic acids is 1. The minimum absolute atomic E-state index is 0.0226. The molecule has 4 heteroatoms. The second-order valence-electron chi connectivity index (χ2n) is 2.68. The number of carboxylic acid groups (broad SMARTS) is 1. The van der Waals surface area contributed by atoms with Crippen LogP contribution in [-0.2, 0) is 0 Å². The number of carboxylic acids is 1. The lowest BCUT2D eigenvalue weighted by Gasteiger charge is -1.89. The molecule has 0 unspecified atom stereocenters. The Hall–Kier alpha value is -1.58. The Kier molecular flexibility index (Phi) is 1.46. The van der Waals surface area contributed by atoms with Gasteiger partial charge in [0.2, 0.25) is 5.82 Å². The van der Waals surface area contributed by atoms with Crippen molar-refractivity contribution in [3.63, 3.8) is 0 Å². The van der Waals surface area contributed by atoms with Crippen molar-refractivity contribution in [2.75, 3.05) is 0 Å². The van der Waals surface area contributed by atoms with Crippen molar-refractivity contribution in [2.24, 2.45) is 0 Å². The van der Waals surface area contributed by atoms with Gasteiger partial charge in [-0.3, -0.25) is 0 Å². The molecule has 2 N–H and O–H groups in total. The van der Waals surface area contributed by atoms with Gasteiger partial charge in [-0.05, 0) is 12.8 Å². The van der Waals surface area contributed by atoms with Gasteiger partial charge in [0, 0.05) is 0 Å². The summed E-state index contributed by atoms with van der Waals surface area (Å²) in [5.74, 6) is -0.986. The van der Waals surface area contributed by atoms with E-state index in [0.29, 0.717) is 0 Å². The Bertz CT molecular complexity index is 397. The molecule has 0 saturated carbocycles. The Morgan fingerprint density at radius 3 is 2.92 bits per heavy atom. The van der Waals surface area contributed by atoms with Gasteiger partial charge in [-0.25, -0.2) is 9.78 Å². The maximum absolute atomic E-state index is 10.5. The summed E-state index contributed by atoms with van der Waals surface area (Å²) >= 11 is 0. The molecule has 0 aliphatic heterocycles. The molecule has 62 valence electrons. The largest absolute Gasteiger partial charge is 0.475 e. The average molecular weight is 164 g/mol. The highest BCUT2D eigenvalue weighted by Crippen LogP contribution is 1.93. The third-order valence-electron chi connectivity index (χ3n) is 1.82. The minimum Gasteiger partial charge on any atom is -0.475 e. The van der Waals surface area contributed by atoms with Crippen molar-refractivity contribution in [3.8, 4) is 0 Å². The number of carbonyl (C=O) groups is 1. The summed E-state index contributed by atoms with van der Waals surface area (Å²) in [5.41, 5.74) is 0. The SMILES string of the molecule is O=C(O)c1nc2c([nH]1)=CCCC=2. The zero-order chi connectivity index (χ0) is 8.55. The lowest BCUT2D eigenvalue weighted by molar-refractivity contribution is 0.0684. The summed E-state index contributed by atoms with van der Waals surface area (Å²) in [4.78, 5) is 17.1. The van der Waals surface area contributed by atoms with Crippen LogP contribution in [0.5, 0.6) is 0 Å². The Labute approximate surface area is 68.3 Å². The zero-order valence-electron chi connectivity index (χ0n) is 6.37. The van der Waals surface area contributed by atoms with Gasteiger partial charge >= 0.3 is 5.97 Å².